The summed E-state index contributed by atoms with van der Waals surface area (Å²) in [6, 6.07) is 19.9. The molecule has 0 saturated heterocycles. The lowest BCUT2D eigenvalue weighted by atomic mass is 9.81. The summed E-state index contributed by atoms with van der Waals surface area (Å²) in [5.74, 6) is -6.75. The van der Waals surface area contributed by atoms with E-state index in [4.69, 9.17) is 53.3 Å². The second-order valence-electron chi connectivity index (χ2n) is 28.1. The topological polar surface area (TPSA) is 460 Å². The number of rotatable bonds is 42. The SMILES string of the molecule is CC[C@@]1(O)C(=O)OCc2c1cc1n(c2=O)Cc2c-1nc1cc(F)c(C)c3c1c2[C@@H](NC(=O)COCNC(=O)CNC(=O)OCc1ccc(NC(=O)[C@H](CCCNC(N)=O)NC(=O)[C@@H](NC(=O)[C@@H](CCC(=O)OC)NC(=O)CCOCCOCCOCCOCCNC(=O)OCC2c4ccccc4-c4ccccc42)C(C)C)cc1)CC3. The van der Waals surface area contributed by atoms with Gasteiger partial charge in [-0.2, -0.15) is 0 Å². The molecule has 2 aromatic heterocycles. The molecule has 4 heterocycles. The summed E-state index contributed by atoms with van der Waals surface area (Å²) in [4.78, 5) is 162. The number of amides is 10. The third kappa shape index (κ3) is 22.3. The van der Waals surface area contributed by atoms with E-state index in [2.05, 4.69) is 72.1 Å². The number of anilines is 1. The van der Waals surface area contributed by atoms with Gasteiger partial charge in [-0.15, -0.1) is 0 Å². The van der Waals surface area contributed by atoms with Crippen molar-refractivity contribution in [3.8, 4) is 22.5 Å². The fraction of sp³-hybridized carbons (Fsp3) is 0.463. The Kier molecular flexibility index (Phi) is 30.6. The van der Waals surface area contributed by atoms with Crippen molar-refractivity contribution >= 4 is 82.2 Å². The van der Waals surface area contributed by atoms with E-state index < -0.39 is 133 Å². The summed E-state index contributed by atoms with van der Waals surface area (Å²) in [7, 11) is 1.17. The number of nitrogens with one attached hydrogen (secondary N) is 9. The van der Waals surface area contributed by atoms with Gasteiger partial charge in [-0.3, -0.25) is 38.4 Å². The lowest BCUT2D eigenvalue weighted by Gasteiger charge is -2.31. The Morgan fingerprint density at radius 1 is 0.704 bits per heavy atom. The second kappa shape index (κ2) is 41.0. The van der Waals surface area contributed by atoms with Crippen molar-refractivity contribution in [2.24, 2.45) is 11.7 Å². The average molecular weight is 1600 g/mol. The summed E-state index contributed by atoms with van der Waals surface area (Å²) in [5, 5.41) is 35.6. The predicted octanol–water partition coefficient (Wildman–Crippen LogP) is 4.09. The minimum atomic E-state index is -2.07. The number of nitrogens with two attached hydrogens (primary N) is 1. The Bertz CT molecular complexity index is 4590. The standard InChI is InChI=1S/C80H97FN12O22/c1-6-80(106)57-36-63-71-54(39-93(63)75(101)56(57)42-113-76(80)102)69-59(22-21-49-46(4)58(81)37-62(90-71)68(49)69)88-66(96)43-112-44-86-65(95)38-85-79(105)114-40-47-17-19-48(20-18-47)87-72(98)60(16-11-26-83-77(82)103)91-74(100)70(45(2)3)92-73(99)61(23-24-67(97)107-5)89-64(94)25-28-108-30-32-110-34-35-111-33-31-109-29-27-84-78(104)115-41-55-52-14-9-7-12-50(52)51-13-8-10-15-53(51)55/h7-10,12-15,17-20,36-37,45,55,59-61,70,106H,6,11,16,21-35,38-44H2,1-5H3,(H,84,104)(H,85,105)(H,86,95)(H,87,98)(H,88,96)(H,89,94)(H,91,100)(H,92,99)(H3,82,83,103)/t59-,60-,61+,70-,80-/m0/s1. The molecule has 115 heavy (non-hydrogen) atoms. The zero-order valence-corrected chi connectivity index (χ0v) is 64.6. The van der Waals surface area contributed by atoms with Crippen LogP contribution in [-0.4, -0.2) is 198 Å². The van der Waals surface area contributed by atoms with Crippen molar-refractivity contribution in [3.63, 3.8) is 0 Å². The second-order valence-corrected chi connectivity index (χ2v) is 28.1. The number of alkyl carbamates (subject to hydrolysis) is 2. The van der Waals surface area contributed by atoms with E-state index in [9.17, 15) is 62.6 Å². The first-order valence-electron chi connectivity index (χ1n) is 38.0. The van der Waals surface area contributed by atoms with E-state index in [0.29, 0.717) is 69.6 Å². The monoisotopic (exact) mass is 1600 g/mol. The number of aromatic nitrogens is 2. The third-order valence-electron chi connectivity index (χ3n) is 20.1. The third-order valence-corrected chi connectivity index (χ3v) is 20.1. The van der Waals surface area contributed by atoms with E-state index in [-0.39, 0.29) is 147 Å². The number of hydrogen-bond donors (Lipinski definition) is 11. The molecule has 2 aliphatic carbocycles. The molecule has 10 amide bonds. The molecule has 0 spiro atoms. The first kappa shape index (κ1) is 85.9. The van der Waals surface area contributed by atoms with Gasteiger partial charge in [0.25, 0.3) is 5.56 Å². The highest BCUT2D eigenvalue weighted by Gasteiger charge is 2.46. The molecule has 0 unspecified atom stereocenters. The number of pyridine rings is 2. The van der Waals surface area contributed by atoms with Crippen LogP contribution in [0.25, 0.3) is 33.4 Å². The van der Waals surface area contributed by atoms with Crippen molar-refractivity contribution in [2.75, 3.05) is 105 Å². The Morgan fingerprint density at radius 2 is 1.37 bits per heavy atom. The van der Waals surface area contributed by atoms with Crippen LogP contribution in [0.1, 0.15) is 128 Å². The number of hydrogen-bond acceptors (Lipinski definition) is 23. The molecule has 5 atom stereocenters. The molecular weight excluding hydrogens is 1500 g/mol. The number of fused-ring (bicyclic) bond motifs is 8. The summed E-state index contributed by atoms with van der Waals surface area (Å²) < 4.78 is 65.4. The Hall–Kier alpha value is -11.5. The van der Waals surface area contributed by atoms with Gasteiger partial charge < -0.3 is 106 Å². The lowest BCUT2D eigenvalue weighted by molar-refractivity contribution is -0.172. The van der Waals surface area contributed by atoms with Gasteiger partial charge in [-0.1, -0.05) is 81.4 Å². The van der Waals surface area contributed by atoms with Gasteiger partial charge in [0.2, 0.25) is 35.4 Å². The Balaban J connectivity index is 0.603. The molecule has 0 fully saturated rings. The number of halogens is 1. The summed E-state index contributed by atoms with van der Waals surface area (Å²) >= 11 is 0. The van der Waals surface area contributed by atoms with Crippen LogP contribution < -0.4 is 59.1 Å². The number of primary amides is 1. The summed E-state index contributed by atoms with van der Waals surface area (Å²) in [6.45, 7) is 6.66. The number of aryl methyl sites for hydroxylation is 1. The number of urea groups is 1. The van der Waals surface area contributed by atoms with Crippen molar-refractivity contribution < 1.29 is 105 Å². The minimum absolute atomic E-state index is 0.0179. The van der Waals surface area contributed by atoms with Gasteiger partial charge >= 0.3 is 30.2 Å². The fourth-order valence-electron chi connectivity index (χ4n) is 14.1. The molecule has 10 rings (SSSR count). The maximum Gasteiger partial charge on any atom is 0.407 e. The fourth-order valence-corrected chi connectivity index (χ4v) is 14.1. The van der Waals surface area contributed by atoms with E-state index in [1.807, 2.05) is 24.3 Å². The number of carbonyl (C=O) groups is 11. The average Bonchev–Trinajstić information content (AvgIpc) is 1.59. The highest BCUT2D eigenvalue weighted by molar-refractivity contribution is 5.99. The van der Waals surface area contributed by atoms with Crippen LogP contribution in [0.4, 0.5) is 24.5 Å². The van der Waals surface area contributed by atoms with Gasteiger partial charge in [0.15, 0.2) is 5.60 Å². The molecule has 0 radical (unpaired) electrons. The van der Waals surface area contributed by atoms with Crippen LogP contribution in [0.5, 0.6) is 0 Å². The normalized spacial score (nSPS) is 15.5. The van der Waals surface area contributed by atoms with E-state index in [1.54, 1.807) is 45.9 Å². The predicted molar refractivity (Wildman–Crippen MR) is 410 cm³/mol. The minimum Gasteiger partial charge on any atom is -0.469 e. The van der Waals surface area contributed by atoms with E-state index >= 15 is 4.39 Å². The molecule has 4 aliphatic rings. The largest absolute Gasteiger partial charge is 0.469 e. The van der Waals surface area contributed by atoms with Crippen LogP contribution in [0.15, 0.2) is 89.7 Å². The molecule has 616 valence electrons. The van der Waals surface area contributed by atoms with Gasteiger partial charge in [0, 0.05) is 60.1 Å². The van der Waals surface area contributed by atoms with Crippen LogP contribution in [0.2, 0.25) is 0 Å². The molecule has 2 aliphatic heterocycles. The molecule has 12 N–H and O–H groups in total. The number of benzene rings is 4. The summed E-state index contributed by atoms with van der Waals surface area (Å²) in [6.07, 6.45) is -1.31. The number of cyclic esters (lactones) is 1. The molecular formula is C80H97FN12O22. The molecule has 4 aromatic carbocycles. The highest BCUT2D eigenvalue weighted by Crippen LogP contribution is 2.47. The van der Waals surface area contributed by atoms with Crippen molar-refractivity contribution in [3.05, 3.63) is 151 Å². The summed E-state index contributed by atoms with van der Waals surface area (Å²) in [5.41, 5.74) is 11.5. The number of carbonyl (C=O) groups excluding carboxylic acids is 11. The number of ether oxygens (including phenoxy) is 9. The Morgan fingerprint density at radius 3 is 2.03 bits per heavy atom. The smallest absolute Gasteiger partial charge is 0.407 e. The zero-order chi connectivity index (χ0) is 82.3. The molecule has 0 saturated carbocycles. The van der Waals surface area contributed by atoms with Gasteiger partial charge in [-0.05, 0) is 114 Å². The molecule has 6 aromatic rings. The van der Waals surface area contributed by atoms with Crippen LogP contribution in [-0.2, 0) is 113 Å². The number of esters is 2. The number of nitrogens with zero attached hydrogens (tertiary/aromatic N) is 2. The highest BCUT2D eigenvalue weighted by atomic mass is 19.1. The van der Waals surface area contributed by atoms with Crippen LogP contribution in [0.3, 0.4) is 0 Å². The van der Waals surface area contributed by atoms with Gasteiger partial charge in [0.1, 0.15) is 63.6 Å². The number of methoxy groups -OCH3 is 1. The van der Waals surface area contributed by atoms with Gasteiger partial charge in [0.05, 0.1) is 95.0 Å². The van der Waals surface area contributed by atoms with Gasteiger partial charge in [-0.25, -0.2) is 28.6 Å². The lowest BCUT2D eigenvalue weighted by Crippen LogP contribution is -2.58. The van der Waals surface area contributed by atoms with E-state index in [0.717, 1.165) is 22.3 Å². The number of aliphatic hydroxyl groups is 1. The Labute approximate surface area is 661 Å². The first-order chi connectivity index (χ1) is 55.4. The first-order valence-corrected chi connectivity index (χ1v) is 38.0. The van der Waals surface area contributed by atoms with Crippen molar-refractivity contribution in [2.45, 2.75) is 135 Å². The maximum atomic E-state index is 15.4. The molecule has 34 nitrogen and oxygen atoms in total. The van der Waals surface area contributed by atoms with Crippen LogP contribution in [0, 0.1) is 18.7 Å². The van der Waals surface area contributed by atoms with Crippen molar-refractivity contribution in [1.82, 2.24) is 52.1 Å². The van der Waals surface area contributed by atoms with E-state index in [1.165, 1.54) is 29.9 Å². The maximum absolute atomic E-state index is 15.4. The quantitative estimate of drug-likeness (QED) is 0.0111. The molecule has 35 heteroatoms. The zero-order valence-electron chi connectivity index (χ0n) is 64.6. The van der Waals surface area contributed by atoms with Crippen LogP contribution >= 0.6 is 0 Å². The van der Waals surface area contributed by atoms with Crippen molar-refractivity contribution in [1.29, 1.82) is 0 Å². The molecule has 0 bridgehead atoms.